The van der Waals surface area contributed by atoms with Gasteiger partial charge in [-0.2, -0.15) is 0 Å². The molecule has 1 aliphatic rings. The fourth-order valence-corrected chi connectivity index (χ4v) is 4.58. The number of para-hydroxylation sites is 1. The number of ether oxygens (including phenoxy) is 2. The molecule has 2 aromatic carbocycles. The minimum atomic E-state index is -0.938. The molecule has 1 fully saturated rings. The molecule has 4 rings (SSSR count). The molecule has 3 aromatic rings. The third kappa shape index (κ3) is 4.66. The van der Waals surface area contributed by atoms with Crippen molar-refractivity contribution in [3.8, 4) is 11.5 Å². The van der Waals surface area contributed by atoms with Gasteiger partial charge >= 0.3 is 0 Å². The maximum atomic E-state index is 14.8. The van der Waals surface area contributed by atoms with E-state index in [2.05, 4.69) is 9.88 Å². The number of aliphatic hydroxyl groups excluding tert-OH is 1. The maximum absolute atomic E-state index is 14.8. The minimum absolute atomic E-state index is 0.321. The first-order chi connectivity index (χ1) is 15.1. The third-order valence-electron chi connectivity index (χ3n) is 5.57. The Bertz CT molecular complexity index is 1010. The van der Waals surface area contributed by atoms with Crippen LogP contribution >= 0.6 is 11.3 Å². The smallest absolute Gasteiger partial charge is 0.146 e. The molecule has 1 aliphatic heterocycles. The van der Waals surface area contributed by atoms with Crippen molar-refractivity contribution in [3.05, 3.63) is 69.9 Å². The number of hydrogen-bond donors (Lipinski definition) is 1. The van der Waals surface area contributed by atoms with Crippen molar-refractivity contribution < 1.29 is 19.0 Å². The second-order valence-corrected chi connectivity index (χ2v) is 8.32. The highest BCUT2D eigenvalue weighted by Gasteiger charge is 2.26. The Morgan fingerprint density at radius 2 is 1.94 bits per heavy atom. The van der Waals surface area contributed by atoms with Crippen molar-refractivity contribution in [2.45, 2.75) is 12.6 Å². The zero-order valence-corrected chi connectivity index (χ0v) is 18.4. The lowest BCUT2D eigenvalue weighted by Gasteiger charge is -2.37. The van der Waals surface area contributed by atoms with E-state index in [1.54, 1.807) is 32.5 Å². The molecule has 31 heavy (non-hydrogen) atoms. The van der Waals surface area contributed by atoms with Gasteiger partial charge in [0.15, 0.2) is 0 Å². The average molecular weight is 444 g/mol. The summed E-state index contributed by atoms with van der Waals surface area (Å²) in [6.45, 7) is 3.62. The molecule has 8 heteroatoms. The number of nitrogens with zero attached hydrogens (tertiary/aromatic N) is 3. The van der Waals surface area contributed by atoms with Crippen LogP contribution in [0.3, 0.4) is 0 Å². The topological polar surface area (TPSA) is 58.1 Å². The summed E-state index contributed by atoms with van der Waals surface area (Å²) in [6.07, 6.45) is 0.710. The summed E-state index contributed by atoms with van der Waals surface area (Å²) in [7, 11) is 3.29. The first-order valence-corrected chi connectivity index (χ1v) is 11.0. The van der Waals surface area contributed by atoms with Crippen LogP contribution in [0.5, 0.6) is 11.5 Å². The number of methoxy groups -OCH3 is 2. The van der Waals surface area contributed by atoms with Crippen molar-refractivity contribution in [2.24, 2.45) is 0 Å². The number of aliphatic hydroxyl groups is 1. The van der Waals surface area contributed by atoms with E-state index in [0.717, 1.165) is 36.7 Å². The van der Waals surface area contributed by atoms with E-state index in [9.17, 15) is 9.50 Å². The number of halogens is 1. The molecule has 0 amide bonds. The monoisotopic (exact) mass is 443 g/mol. The summed E-state index contributed by atoms with van der Waals surface area (Å²) in [5.74, 6) is 1.24. The lowest BCUT2D eigenvalue weighted by molar-refractivity contribution is 0.217. The molecule has 0 bridgehead atoms. The highest BCUT2D eigenvalue weighted by molar-refractivity contribution is 7.09. The van der Waals surface area contributed by atoms with E-state index in [1.807, 2.05) is 28.5 Å². The maximum Gasteiger partial charge on any atom is 0.146 e. The lowest BCUT2D eigenvalue weighted by Crippen LogP contribution is -2.46. The van der Waals surface area contributed by atoms with E-state index in [0.29, 0.717) is 29.3 Å². The highest BCUT2D eigenvalue weighted by Crippen LogP contribution is 2.34. The quantitative estimate of drug-likeness (QED) is 0.601. The van der Waals surface area contributed by atoms with Crippen molar-refractivity contribution in [3.63, 3.8) is 0 Å². The zero-order chi connectivity index (χ0) is 21.8. The van der Waals surface area contributed by atoms with Crippen LogP contribution in [0, 0.1) is 5.82 Å². The normalized spacial score (nSPS) is 15.7. The fraction of sp³-hybridized carbons (Fsp3) is 0.348. The van der Waals surface area contributed by atoms with Crippen molar-refractivity contribution >= 4 is 17.0 Å². The number of hydrogen-bond acceptors (Lipinski definition) is 7. The Labute approximate surface area is 185 Å². The van der Waals surface area contributed by atoms with Crippen molar-refractivity contribution in [1.29, 1.82) is 0 Å². The lowest BCUT2D eigenvalue weighted by atomic mass is 10.0. The van der Waals surface area contributed by atoms with Gasteiger partial charge in [0.25, 0.3) is 0 Å². The molecular weight excluding hydrogens is 417 g/mol. The van der Waals surface area contributed by atoms with E-state index < -0.39 is 6.10 Å². The Morgan fingerprint density at radius 1 is 1.13 bits per heavy atom. The Hall–Kier alpha value is -2.68. The van der Waals surface area contributed by atoms with Crippen LogP contribution in [-0.4, -0.2) is 55.4 Å². The van der Waals surface area contributed by atoms with Crippen LogP contribution in [0.4, 0.5) is 10.1 Å². The van der Waals surface area contributed by atoms with Gasteiger partial charge in [-0.25, -0.2) is 9.37 Å². The second kappa shape index (κ2) is 9.64. The summed E-state index contributed by atoms with van der Waals surface area (Å²) in [5.41, 5.74) is 2.11. The number of thiazole rings is 1. The molecule has 1 N–H and O–H groups in total. The van der Waals surface area contributed by atoms with Crippen LogP contribution in [0.1, 0.15) is 22.2 Å². The van der Waals surface area contributed by atoms with E-state index in [1.165, 1.54) is 17.4 Å². The Balaban J connectivity index is 1.47. The van der Waals surface area contributed by atoms with Gasteiger partial charge < -0.3 is 19.5 Å². The second-order valence-electron chi connectivity index (χ2n) is 7.39. The van der Waals surface area contributed by atoms with Crippen molar-refractivity contribution in [2.75, 3.05) is 45.3 Å². The van der Waals surface area contributed by atoms with Gasteiger partial charge in [-0.3, -0.25) is 4.90 Å². The molecule has 0 aliphatic carbocycles. The van der Waals surface area contributed by atoms with Crippen LogP contribution in [0.15, 0.2) is 48.0 Å². The zero-order valence-electron chi connectivity index (χ0n) is 17.6. The molecular formula is C23H26FN3O3S. The minimum Gasteiger partial charge on any atom is -0.497 e. The average Bonchev–Trinajstić information content (AvgIpc) is 3.34. The van der Waals surface area contributed by atoms with Gasteiger partial charge in [0.1, 0.15) is 28.4 Å². The van der Waals surface area contributed by atoms with Gasteiger partial charge in [0.05, 0.1) is 19.9 Å². The molecule has 164 valence electrons. The SMILES string of the molecule is COc1ccc(CN2CCN(c3c(F)cccc3C(O)c3nccs3)CC2)c(OC)c1. The first-order valence-electron chi connectivity index (χ1n) is 10.1. The molecule has 1 aromatic heterocycles. The molecule has 0 spiro atoms. The van der Waals surface area contributed by atoms with Crippen LogP contribution in [0.25, 0.3) is 0 Å². The fourth-order valence-electron chi connectivity index (χ4n) is 3.94. The van der Waals surface area contributed by atoms with Crippen LogP contribution < -0.4 is 14.4 Å². The molecule has 6 nitrogen and oxygen atoms in total. The molecule has 1 saturated heterocycles. The van der Waals surface area contributed by atoms with Gasteiger partial charge in [-0.15, -0.1) is 11.3 Å². The molecule has 1 atom stereocenters. The van der Waals surface area contributed by atoms with Crippen LogP contribution in [0.2, 0.25) is 0 Å². The third-order valence-corrected chi connectivity index (χ3v) is 6.40. The van der Waals surface area contributed by atoms with E-state index in [4.69, 9.17) is 9.47 Å². The molecule has 1 unspecified atom stereocenters. The summed E-state index contributed by atoms with van der Waals surface area (Å²) >= 11 is 1.36. The molecule has 0 radical (unpaired) electrons. The summed E-state index contributed by atoms with van der Waals surface area (Å²) in [5, 5.41) is 13.2. The number of piperazine rings is 1. The summed E-state index contributed by atoms with van der Waals surface area (Å²) in [6, 6.07) is 10.7. The standard InChI is InChI=1S/C23H26FN3O3S/c1-29-17-7-6-16(20(14-17)30-2)15-26-9-11-27(12-10-26)21-18(4-3-5-19(21)24)22(28)23-25-8-13-31-23/h3-8,13-14,22,28H,9-12,15H2,1-2H3. The predicted molar refractivity (Wildman–Crippen MR) is 120 cm³/mol. The Kier molecular flexibility index (Phi) is 6.70. The first kappa shape index (κ1) is 21.5. The van der Waals surface area contributed by atoms with Crippen LogP contribution in [-0.2, 0) is 6.54 Å². The number of rotatable bonds is 7. The molecule has 0 saturated carbocycles. The summed E-state index contributed by atoms with van der Waals surface area (Å²) < 4.78 is 25.6. The van der Waals surface area contributed by atoms with E-state index in [-0.39, 0.29) is 5.82 Å². The largest absolute Gasteiger partial charge is 0.497 e. The predicted octanol–water partition coefficient (Wildman–Crippen LogP) is 3.70. The highest BCUT2D eigenvalue weighted by atomic mass is 32.1. The van der Waals surface area contributed by atoms with Crippen molar-refractivity contribution in [1.82, 2.24) is 9.88 Å². The van der Waals surface area contributed by atoms with Gasteiger partial charge in [0.2, 0.25) is 0 Å². The number of aromatic nitrogens is 1. The van der Waals surface area contributed by atoms with Gasteiger partial charge in [0, 0.05) is 61.5 Å². The number of benzene rings is 2. The van der Waals surface area contributed by atoms with Gasteiger partial charge in [-0.1, -0.05) is 18.2 Å². The van der Waals surface area contributed by atoms with E-state index >= 15 is 0 Å². The Morgan fingerprint density at radius 3 is 2.61 bits per heavy atom. The molecule has 2 heterocycles. The summed E-state index contributed by atoms with van der Waals surface area (Å²) in [4.78, 5) is 8.53. The number of anilines is 1. The van der Waals surface area contributed by atoms with Gasteiger partial charge in [-0.05, 0) is 12.1 Å².